The Morgan fingerprint density at radius 1 is 1.12 bits per heavy atom. The third kappa shape index (κ3) is 2.89. The maximum Gasteiger partial charge on any atom is 0.247 e. The lowest BCUT2D eigenvalue weighted by molar-refractivity contribution is 0.493. The molecule has 3 aromatic rings. The van der Waals surface area contributed by atoms with Crippen molar-refractivity contribution in [3.63, 3.8) is 0 Å². The molecule has 1 aromatic heterocycles. The molecule has 0 atom stereocenters. The zero-order chi connectivity index (χ0) is 16.5. The predicted molar refractivity (Wildman–Crippen MR) is 90.2 cm³/mol. The van der Waals surface area contributed by atoms with Gasteiger partial charge in [-0.2, -0.15) is 0 Å². The summed E-state index contributed by atoms with van der Waals surface area (Å²) in [6.07, 6.45) is 2.23. The molecule has 0 spiro atoms. The van der Waals surface area contributed by atoms with Gasteiger partial charge >= 0.3 is 0 Å². The molecule has 0 unspecified atom stereocenters. The normalized spacial score (nSPS) is 13.8. The highest BCUT2D eigenvalue weighted by Gasteiger charge is 2.19. The Balaban J connectivity index is 1.56. The van der Waals surface area contributed by atoms with Gasteiger partial charge in [-0.1, -0.05) is 17.7 Å². The van der Waals surface area contributed by atoms with Gasteiger partial charge in [0.1, 0.15) is 5.82 Å². The molecule has 2 aromatic carbocycles. The van der Waals surface area contributed by atoms with Gasteiger partial charge in [0.2, 0.25) is 11.8 Å². The second kappa shape index (κ2) is 6.07. The van der Waals surface area contributed by atoms with E-state index in [4.69, 9.17) is 4.42 Å². The van der Waals surface area contributed by atoms with Gasteiger partial charge in [-0.05, 0) is 55.7 Å². The molecule has 0 amide bonds. The van der Waals surface area contributed by atoms with Gasteiger partial charge in [0.25, 0.3) is 0 Å². The average Bonchev–Trinajstić information content (AvgIpc) is 3.04. The lowest BCUT2D eigenvalue weighted by Gasteiger charge is -2.30. The van der Waals surface area contributed by atoms with E-state index < -0.39 is 0 Å². The van der Waals surface area contributed by atoms with Crippen molar-refractivity contribution >= 4 is 5.69 Å². The predicted octanol–water partition coefficient (Wildman–Crippen LogP) is 4.14. The third-order valence-corrected chi connectivity index (χ3v) is 4.33. The molecule has 0 radical (unpaired) electrons. The number of rotatable bonds is 3. The highest BCUT2D eigenvalue weighted by Crippen LogP contribution is 2.29. The van der Waals surface area contributed by atoms with Crippen LogP contribution in [-0.4, -0.2) is 16.7 Å². The number of fused-ring (bicyclic) bond motifs is 1. The van der Waals surface area contributed by atoms with Crippen LogP contribution < -0.4 is 4.90 Å². The zero-order valence-corrected chi connectivity index (χ0v) is 13.5. The van der Waals surface area contributed by atoms with Crippen LogP contribution in [0.25, 0.3) is 11.5 Å². The maximum absolute atomic E-state index is 13.0. The first-order chi connectivity index (χ1) is 11.7. The Labute approximate surface area is 139 Å². The SMILES string of the molecule is Cc1ccc2c(c1)CCCN2Cc1nnc(-c2ccc(F)cc2)o1. The summed E-state index contributed by atoms with van der Waals surface area (Å²) in [5, 5.41) is 8.23. The van der Waals surface area contributed by atoms with Crippen molar-refractivity contribution < 1.29 is 8.81 Å². The molecule has 122 valence electrons. The summed E-state index contributed by atoms with van der Waals surface area (Å²) in [7, 11) is 0. The minimum Gasteiger partial charge on any atom is -0.419 e. The van der Waals surface area contributed by atoms with Gasteiger partial charge in [-0.3, -0.25) is 0 Å². The van der Waals surface area contributed by atoms with E-state index in [2.05, 4.69) is 40.2 Å². The summed E-state index contributed by atoms with van der Waals surface area (Å²) in [6, 6.07) is 12.6. The van der Waals surface area contributed by atoms with Gasteiger partial charge < -0.3 is 9.32 Å². The number of anilines is 1. The largest absolute Gasteiger partial charge is 0.419 e. The summed E-state index contributed by atoms with van der Waals surface area (Å²) in [5.74, 6) is 0.715. The summed E-state index contributed by atoms with van der Waals surface area (Å²) in [4.78, 5) is 2.28. The van der Waals surface area contributed by atoms with E-state index in [0.29, 0.717) is 18.3 Å². The van der Waals surface area contributed by atoms with Gasteiger partial charge in [-0.15, -0.1) is 10.2 Å². The van der Waals surface area contributed by atoms with E-state index >= 15 is 0 Å². The van der Waals surface area contributed by atoms with E-state index in [1.165, 1.54) is 28.9 Å². The Kier molecular flexibility index (Phi) is 3.76. The van der Waals surface area contributed by atoms with E-state index in [1.807, 2.05) is 0 Å². The van der Waals surface area contributed by atoms with Crippen molar-refractivity contribution in [2.24, 2.45) is 0 Å². The van der Waals surface area contributed by atoms with Crippen LogP contribution in [0.4, 0.5) is 10.1 Å². The Morgan fingerprint density at radius 2 is 1.96 bits per heavy atom. The number of aryl methyl sites for hydroxylation is 2. The standard InChI is InChI=1S/C19H18FN3O/c1-13-4-9-17-15(11-13)3-2-10-23(17)12-18-21-22-19(24-18)14-5-7-16(20)8-6-14/h4-9,11H,2-3,10,12H2,1H3. The van der Waals surface area contributed by atoms with Crippen LogP contribution in [0.1, 0.15) is 23.4 Å². The molecule has 5 heteroatoms. The number of nitrogens with zero attached hydrogens (tertiary/aromatic N) is 3. The van der Waals surface area contributed by atoms with Crippen molar-refractivity contribution in [2.75, 3.05) is 11.4 Å². The minimum absolute atomic E-state index is 0.279. The first-order valence-electron chi connectivity index (χ1n) is 8.12. The summed E-state index contributed by atoms with van der Waals surface area (Å²) < 4.78 is 18.8. The lowest BCUT2D eigenvalue weighted by Crippen LogP contribution is -2.29. The second-order valence-corrected chi connectivity index (χ2v) is 6.17. The van der Waals surface area contributed by atoms with Crippen LogP contribution in [0, 0.1) is 12.7 Å². The number of halogens is 1. The molecule has 0 fully saturated rings. The highest BCUT2D eigenvalue weighted by molar-refractivity contribution is 5.57. The molecule has 0 saturated heterocycles. The van der Waals surface area contributed by atoms with Crippen LogP contribution in [0.15, 0.2) is 46.9 Å². The summed E-state index contributed by atoms with van der Waals surface area (Å²) in [5.41, 5.74) is 4.63. The second-order valence-electron chi connectivity index (χ2n) is 6.17. The number of aromatic nitrogens is 2. The molecule has 1 aliphatic rings. The van der Waals surface area contributed by atoms with Crippen LogP contribution >= 0.6 is 0 Å². The monoisotopic (exact) mass is 323 g/mol. The Morgan fingerprint density at radius 3 is 2.79 bits per heavy atom. The molecule has 4 nitrogen and oxygen atoms in total. The Hall–Kier alpha value is -2.69. The molecule has 0 N–H and O–H groups in total. The van der Waals surface area contributed by atoms with E-state index in [0.717, 1.165) is 24.9 Å². The van der Waals surface area contributed by atoms with Gasteiger partial charge in [0, 0.05) is 17.8 Å². The smallest absolute Gasteiger partial charge is 0.247 e. The molecule has 1 aliphatic heterocycles. The number of benzene rings is 2. The zero-order valence-electron chi connectivity index (χ0n) is 13.5. The van der Waals surface area contributed by atoms with Crippen LogP contribution in [0.2, 0.25) is 0 Å². The molecular formula is C19H18FN3O. The minimum atomic E-state index is -0.279. The van der Waals surface area contributed by atoms with Crippen LogP contribution in [0.3, 0.4) is 0 Å². The maximum atomic E-state index is 13.0. The van der Waals surface area contributed by atoms with Gasteiger partial charge in [-0.25, -0.2) is 4.39 Å². The summed E-state index contributed by atoms with van der Waals surface area (Å²) in [6.45, 7) is 3.68. The Bertz CT molecular complexity index is 857. The van der Waals surface area contributed by atoms with Crippen molar-refractivity contribution in [1.82, 2.24) is 10.2 Å². The van der Waals surface area contributed by atoms with Crippen molar-refractivity contribution in [1.29, 1.82) is 0 Å². The van der Waals surface area contributed by atoms with Crippen molar-refractivity contribution in [3.8, 4) is 11.5 Å². The van der Waals surface area contributed by atoms with Gasteiger partial charge in [0.05, 0.1) is 6.54 Å². The lowest BCUT2D eigenvalue weighted by atomic mass is 10.00. The van der Waals surface area contributed by atoms with E-state index in [-0.39, 0.29) is 5.82 Å². The fourth-order valence-electron chi connectivity index (χ4n) is 3.16. The van der Waals surface area contributed by atoms with Crippen molar-refractivity contribution in [3.05, 3.63) is 65.3 Å². The van der Waals surface area contributed by atoms with Crippen LogP contribution in [0.5, 0.6) is 0 Å². The molecule has 4 rings (SSSR count). The molecule has 0 saturated carbocycles. The highest BCUT2D eigenvalue weighted by atomic mass is 19.1. The molecular weight excluding hydrogens is 305 g/mol. The van der Waals surface area contributed by atoms with Gasteiger partial charge in [0.15, 0.2) is 0 Å². The molecule has 24 heavy (non-hydrogen) atoms. The van der Waals surface area contributed by atoms with Crippen molar-refractivity contribution in [2.45, 2.75) is 26.3 Å². The number of hydrogen-bond acceptors (Lipinski definition) is 4. The molecule has 2 heterocycles. The molecule has 0 aliphatic carbocycles. The third-order valence-electron chi connectivity index (χ3n) is 4.33. The van der Waals surface area contributed by atoms with E-state index in [9.17, 15) is 4.39 Å². The number of hydrogen-bond donors (Lipinski definition) is 0. The fourth-order valence-corrected chi connectivity index (χ4v) is 3.16. The fraction of sp³-hybridized carbons (Fsp3) is 0.263. The summed E-state index contributed by atoms with van der Waals surface area (Å²) >= 11 is 0. The first kappa shape index (κ1) is 14.9. The quantitative estimate of drug-likeness (QED) is 0.726. The average molecular weight is 323 g/mol. The molecule has 0 bridgehead atoms. The van der Waals surface area contributed by atoms with E-state index in [1.54, 1.807) is 12.1 Å². The first-order valence-corrected chi connectivity index (χ1v) is 8.12. The topological polar surface area (TPSA) is 42.2 Å². The van der Waals surface area contributed by atoms with Crippen LogP contribution in [-0.2, 0) is 13.0 Å².